The van der Waals surface area contributed by atoms with E-state index in [1.54, 1.807) is 6.92 Å². The van der Waals surface area contributed by atoms with Gasteiger partial charge in [0.2, 0.25) is 5.91 Å². The first-order valence-corrected chi connectivity index (χ1v) is 4.01. The average Bonchev–Trinajstić information content (AvgIpc) is 2.63. The SMILES string of the molecule is CCC(NC(C)=O)C1CC1. The van der Waals surface area contributed by atoms with Crippen molar-refractivity contribution in [3.63, 3.8) is 0 Å². The van der Waals surface area contributed by atoms with Gasteiger partial charge in [-0.25, -0.2) is 0 Å². The number of nitrogens with one attached hydrogen (secondary N) is 1. The molecule has 1 aliphatic rings. The van der Waals surface area contributed by atoms with E-state index in [2.05, 4.69) is 12.2 Å². The van der Waals surface area contributed by atoms with Crippen LogP contribution in [0, 0.1) is 5.92 Å². The van der Waals surface area contributed by atoms with Gasteiger partial charge in [0.05, 0.1) is 0 Å². The van der Waals surface area contributed by atoms with Gasteiger partial charge in [-0.1, -0.05) is 6.92 Å². The van der Waals surface area contributed by atoms with Crippen LogP contribution in [0.2, 0.25) is 0 Å². The predicted octanol–water partition coefficient (Wildman–Crippen LogP) is 1.31. The first-order valence-electron chi connectivity index (χ1n) is 4.01. The van der Waals surface area contributed by atoms with E-state index in [0.29, 0.717) is 6.04 Å². The van der Waals surface area contributed by atoms with Crippen molar-refractivity contribution in [3.05, 3.63) is 0 Å². The molecule has 2 heteroatoms. The molecular weight excluding hydrogens is 126 g/mol. The molecule has 1 atom stereocenters. The van der Waals surface area contributed by atoms with Gasteiger partial charge in [-0.05, 0) is 25.2 Å². The van der Waals surface area contributed by atoms with Crippen LogP contribution in [0.1, 0.15) is 33.1 Å². The summed E-state index contributed by atoms with van der Waals surface area (Å²) in [5.74, 6) is 0.896. The highest BCUT2D eigenvalue weighted by Crippen LogP contribution is 2.33. The van der Waals surface area contributed by atoms with Gasteiger partial charge in [-0.3, -0.25) is 4.79 Å². The lowest BCUT2D eigenvalue weighted by molar-refractivity contribution is -0.119. The van der Waals surface area contributed by atoms with E-state index in [1.165, 1.54) is 12.8 Å². The van der Waals surface area contributed by atoms with Crippen LogP contribution < -0.4 is 5.32 Å². The molecule has 1 amide bonds. The highest BCUT2D eigenvalue weighted by molar-refractivity contribution is 5.73. The minimum atomic E-state index is 0.110. The number of carbonyl (C=O) groups excluding carboxylic acids is 1. The molecule has 10 heavy (non-hydrogen) atoms. The molecule has 1 aliphatic carbocycles. The van der Waals surface area contributed by atoms with Gasteiger partial charge in [-0.2, -0.15) is 0 Å². The maximum atomic E-state index is 10.6. The van der Waals surface area contributed by atoms with E-state index in [0.717, 1.165) is 12.3 Å². The summed E-state index contributed by atoms with van der Waals surface area (Å²) in [6.07, 6.45) is 3.68. The Labute approximate surface area is 62.0 Å². The summed E-state index contributed by atoms with van der Waals surface area (Å²) in [5.41, 5.74) is 0. The minimum absolute atomic E-state index is 0.110. The zero-order chi connectivity index (χ0) is 7.56. The zero-order valence-electron chi connectivity index (χ0n) is 6.68. The third-order valence-electron chi connectivity index (χ3n) is 2.02. The van der Waals surface area contributed by atoms with Gasteiger partial charge in [0.1, 0.15) is 0 Å². The first kappa shape index (κ1) is 7.58. The van der Waals surface area contributed by atoms with E-state index in [9.17, 15) is 4.79 Å². The van der Waals surface area contributed by atoms with Crippen molar-refractivity contribution >= 4 is 5.91 Å². The summed E-state index contributed by atoms with van der Waals surface area (Å²) in [5, 5.41) is 2.95. The molecule has 0 heterocycles. The number of hydrogen-bond acceptors (Lipinski definition) is 1. The Balaban J connectivity index is 2.25. The molecule has 0 aromatic carbocycles. The number of amides is 1. The Kier molecular flexibility index (Phi) is 2.30. The van der Waals surface area contributed by atoms with Crippen LogP contribution in [-0.2, 0) is 4.79 Å². The van der Waals surface area contributed by atoms with Crippen molar-refractivity contribution in [1.29, 1.82) is 0 Å². The highest BCUT2D eigenvalue weighted by atomic mass is 16.1. The van der Waals surface area contributed by atoms with Gasteiger partial charge in [0.25, 0.3) is 0 Å². The molecule has 1 fully saturated rings. The van der Waals surface area contributed by atoms with Crippen LogP contribution >= 0.6 is 0 Å². The molecular formula is C8H15NO. The number of rotatable bonds is 3. The van der Waals surface area contributed by atoms with Crippen LogP contribution in [0.3, 0.4) is 0 Å². The molecule has 0 aromatic rings. The van der Waals surface area contributed by atoms with Crippen LogP contribution in [0.25, 0.3) is 0 Å². The van der Waals surface area contributed by atoms with E-state index in [-0.39, 0.29) is 5.91 Å². The normalized spacial score (nSPS) is 20.2. The van der Waals surface area contributed by atoms with Crippen molar-refractivity contribution in [3.8, 4) is 0 Å². The number of carbonyl (C=O) groups is 1. The van der Waals surface area contributed by atoms with Crippen LogP contribution in [0.5, 0.6) is 0 Å². The smallest absolute Gasteiger partial charge is 0.217 e. The van der Waals surface area contributed by atoms with Crippen molar-refractivity contribution in [2.24, 2.45) is 5.92 Å². The van der Waals surface area contributed by atoms with Crippen LogP contribution in [-0.4, -0.2) is 11.9 Å². The lowest BCUT2D eigenvalue weighted by Crippen LogP contribution is -2.33. The van der Waals surface area contributed by atoms with E-state index in [4.69, 9.17) is 0 Å². The standard InChI is InChI=1S/C8H15NO/c1-3-8(7-4-5-7)9-6(2)10/h7-8H,3-5H2,1-2H3,(H,9,10). The summed E-state index contributed by atoms with van der Waals surface area (Å²) < 4.78 is 0. The van der Waals surface area contributed by atoms with E-state index >= 15 is 0 Å². The first-order chi connectivity index (χ1) is 4.74. The van der Waals surface area contributed by atoms with Crippen LogP contribution in [0.15, 0.2) is 0 Å². The van der Waals surface area contributed by atoms with Crippen molar-refractivity contribution in [1.82, 2.24) is 5.32 Å². The van der Waals surface area contributed by atoms with Crippen molar-refractivity contribution < 1.29 is 4.79 Å². The average molecular weight is 141 g/mol. The quantitative estimate of drug-likeness (QED) is 0.631. The summed E-state index contributed by atoms with van der Waals surface area (Å²) >= 11 is 0. The Bertz CT molecular complexity index is 129. The molecule has 0 bridgehead atoms. The Hall–Kier alpha value is -0.530. The third-order valence-corrected chi connectivity index (χ3v) is 2.02. The molecule has 0 aliphatic heterocycles. The third kappa shape index (κ3) is 2.01. The second-order valence-electron chi connectivity index (χ2n) is 3.05. The topological polar surface area (TPSA) is 29.1 Å². The van der Waals surface area contributed by atoms with E-state index in [1.807, 2.05) is 0 Å². The van der Waals surface area contributed by atoms with E-state index < -0.39 is 0 Å². The largest absolute Gasteiger partial charge is 0.353 e. The molecule has 0 aromatic heterocycles. The monoisotopic (exact) mass is 141 g/mol. The highest BCUT2D eigenvalue weighted by Gasteiger charge is 2.29. The molecule has 0 radical (unpaired) electrons. The maximum absolute atomic E-state index is 10.6. The maximum Gasteiger partial charge on any atom is 0.217 e. The summed E-state index contributed by atoms with van der Waals surface area (Å²) in [4.78, 5) is 10.6. The molecule has 1 rings (SSSR count). The fraction of sp³-hybridized carbons (Fsp3) is 0.875. The van der Waals surface area contributed by atoms with Gasteiger partial charge in [0, 0.05) is 13.0 Å². The van der Waals surface area contributed by atoms with Gasteiger partial charge >= 0.3 is 0 Å². The lowest BCUT2D eigenvalue weighted by atomic mass is 10.1. The molecule has 2 nitrogen and oxygen atoms in total. The second kappa shape index (κ2) is 3.04. The summed E-state index contributed by atoms with van der Waals surface area (Å²) in [6.45, 7) is 3.71. The fourth-order valence-electron chi connectivity index (χ4n) is 1.31. The molecule has 0 saturated heterocycles. The summed E-state index contributed by atoms with van der Waals surface area (Å²) in [6, 6.07) is 0.456. The van der Waals surface area contributed by atoms with Crippen molar-refractivity contribution in [2.75, 3.05) is 0 Å². The molecule has 1 saturated carbocycles. The molecule has 0 spiro atoms. The fourth-order valence-corrected chi connectivity index (χ4v) is 1.31. The second-order valence-corrected chi connectivity index (χ2v) is 3.05. The van der Waals surface area contributed by atoms with Crippen LogP contribution in [0.4, 0.5) is 0 Å². The Morgan fingerprint density at radius 2 is 2.30 bits per heavy atom. The Morgan fingerprint density at radius 1 is 1.70 bits per heavy atom. The number of hydrogen-bond donors (Lipinski definition) is 1. The molecule has 58 valence electrons. The van der Waals surface area contributed by atoms with Crippen molar-refractivity contribution in [2.45, 2.75) is 39.2 Å². The predicted molar refractivity (Wildman–Crippen MR) is 40.6 cm³/mol. The molecule has 1 N–H and O–H groups in total. The van der Waals surface area contributed by atoms with Gasteiger partial charge in [-0.15, -0.1) is 0 Å². The summed E-state index contributed by atoms with van der Waals surface area (Å²) in [7, 11) is 0. The zero-order valence-corrected chi connectivity index (χ0v) is 6.68. The lowest BCUT2D eigenvalue weighted by Gasteiger charge is -2.13. The van der Waals surface area contributed by atoms with Gasteiger partial charge < -0.3 is 5.32 Å². The Morgan fingerprint density at radius 3 is 2.60 bits per heavy atom. The minimum Gasteiger partial charge on any atom is -0.353 e. The van der Waals surface area contributed by atoms with Gasteiger partial charge in [0.15, 0.2) is 0 Å². The molecule has 1 unspecified atom stereocenters.